The summed E-state index contributed by atoms with van der Waals surface area (Å²) in [7, 11) is 0. The summed E-state index contributed by atoms with van der Waals surface area (Å²) in [4.78, 5) is 28.6. The van der Waals surface area contributed by atoms with E-state index in [1.807, 2.05) is 30.3 Å². The number of nitrogens with zero attached hydrogens (tertiary/aromatic N) is 4. The third-order valence-electron chi connectivity index (χ3n) is 6.20. The van der Waals surface area contributed by atoms with Crippen molar-refractivity contribution in [1.29, 1.82) is 0 Å². The maximum atomic E-state index is 12.8. The zero-order valence-electron chi connectivity index (χ0n) is 17.6. The van der Waals surface area contributed by atoms with Crippen LogP contribution in [0.15, 0.2) is 42.6 Å². The number of rotatable bonds is 5. The highest BCUT2D eigenvalue weighted by Crippen LogP contribution is 2.40. The van der Waals surface area contributed by atoms with Crippen LogP contribution in [-0.2, 0) is 29.1 Å². The van der Waals surface area contributed by atoms with Crippen LogP contribution in [0.5, 0.6) is 0 Å². The smallest absolute Gasteiger partial charge is 0.410 e. The van der Waals surface area contributed by atoms with Gasteiger partial charge in [-0.3, -0.25) is 9.48 Å². The van der Waals surface area contributed by atoms with Crippen molar-refractivity contribution in [1.82, 2.24) is 19.6 Å². The first kappa shape index (κ1) is 22.2. The Bertz CT molecular complexity index is 953. The van der Waals surface area contributed by atoms with E-state index in [4.69, 9.17) is 4.74 Å². The molecule has 1 spiro atoms. The van der Waals surface area contributed by atoms with Crippen LogP contribution in [0.1, 0.15) is 30.5 Å². The van der Waals surface area contributed by atoms with Crippen LogP contribution in [0, 0.1) is 0 Å². The molecule has 2 aliphatic rings. The van der Waals surface area contributed by atoms with Gasteiger partial charge in [-0.25, -0.2) is 4.79 Å². The van der Waals surface area contributed by atoms with Crippen LogP contribution >= 0.6 is 0 Å². The van der Waals surface area contributed by atoms with E-state index < -0.39 is 12.7 Å². The second kappa shape index (κ2) is 8.84. The highest BCUT2D eigenvalue weighted by molar-refractivity contribution is 5.80. The number of aromatic nitrogens is 2. The summed E-state index contributed by atoms with van der Waals surface area (Å²) in [5.74, 6) is -0.145. The first-order valence-electron chi connectivity index (χ1n) is 10.6. The quantitative estimate of drug-likeness (QED) is 0.701. The molecule has 2 saturated heterocycles. The number of amides is 2. The molecule has 0 aliphatic carbocycles. The van der Waals surface area contributed by atoms with Crippen LogP contribution < -0.4 is 0 Å². The summed E-state index contributed by atoms with van der Waals surface area (Å²) in [6.45, 7) is 0.647. The molecule has 0 unspecified atom stereocenters. The number of likely N-dealkylation sites (tertiary alicyclic amines) is 2. The minimum absolute atomic E-state index is 0.0323. The number of piperidine rings is 1. The number of hydrogen-bond acceptors (Lipinski definition) is 4. The first-order valence-corrected chi connectivity index (χ1v) is 10.6. The Kier molecular flexibility index (Phi) is 6.12. The standard InChI is InChI=1S/C22H25F3N4O3/c23-22(24,25)16-28-10-6-18(26-28)14-19(30)29-13-9-21(29)7-11-27(12-8-21)20(31)32-15-17-4-2-1-3-5-17/h1-6,10H,7-9,11-16H2. The maximum absolute atomic E-state index is 12.8. The number of carbonyl (C=O) groups is 2. The lowest BCUT2D eigenvalue weighted by molar-refractivity contribution is -0.150. The van der Waals surface area contributed by atoms with Crippen LogP contribution in [0.4, 0.5) is 18.0 Å². The molecule has 10 heteroatoms. The highest BCUT2D eigenvalue weighted by atomic mass is 19.4. The topological polar surface area (TPSA) is 67.7 Å². The van der Waals surface area contributed by atoms with Gasteiger partial charge in [0.05, 0.1) is 12.1 Å². The Morgan fingerprint density at radius 2 is 1.72 bits per heavy atom. The van der Waals surface area contributed by atoms with Gasteiger partial charge in [-0.05, 0) is 30.9 Å². The minimum atomic E-state index is -4.36. The number of carbonyl (C=O) groups excluding carboxylic acids is 2. The summed E-state index contributed by atoms with van der Waals surface area (Å²) in [5, 5.41) is 3.87. The number of ether oxygens (including phenoxy) is 1. The van der Waals surface area contributed by atoms with Crippen molar-refractivity contribution in [3.63, 3.8) is 0 Å². The highest BCUT2D eigenvalue weighted by Gasteiger charge is 2.49. The van der Waals surface area contributed by atoms with E-state index in [1.165, 1.54) is 12.3 Å². The molecule has 4 rings (SSSR count). The fraction of sp³-hybridized carbons (Fsp3) is 0.500. The second-order valence-electron chi connectivity index (χ2n) is 8.34. The lowest BCUT2D eigenvalue weighted by atomic mass is 9.76. The van der Waals surface area contributed by atoms with Crippen molar-refractivity contribution in [2.24, 2.45) is 0 Å². The summed E-state index contributed by atoms with van der Waals surface area (Å²) in [6.07, 6.45) is -1.35. The van der Waals surface area contributed by atoms with Crippen molar-refractivity contribution in [3.05, 3.63) is 53.9 Å². The molecule has 0 atom stereocenters. The summed E-state index contributed by atoms with van der Waals surface area (Å²) in [6, 6.07) is 10.9. The predicted octanol–water partition coefficient (Wildman–Crippen LogP) is 3.39. The van der Waals surface area contributed by atoms with Crippen molar-refractivity contribution in [3.8, 4) is 0 Å². The van der Waals surface area contributed by atoms with Crippen molar-refractivity contribution < 1.29 is 27.5 Å². The number of alkyl halides is 3. The lowest BCUT2D eigenvalue weighted by Crippen LogP contribution is -2.66. The van der Waals surface area contributed by atoms with Crippen molar-refractivity contribution in [2.75, 3.05) is 19.6 Å². The average Bonchev–Trinajstić information content (AvgIpc) is 3.16. The van der Waals surface area contributed by atoms with E-state index in [0.29, 0.717) is 38.2 Å². The molecule has 0 saturated carbocycles. The second-order valence-corrected chi connectivity index (χ2v) is 8.34. The van der Waals surface area contributed by atoms with E-state index in [2.05, 4.69) is 5.10 Å². The Morgan fingerprint density at radius 1 is 1.03 bits per heavy atom. The predicted molar refractivity (Wildman–Crippen MR) is 108 cm³/mol. The van der Waals surface area contributed by atoms with Gasteiger partial charge in [0.15, 0.2) is 0 Å². The van der Waals surface area contributed by atoms with E-state index in [-0.39, 0.29) is 30.6 Å². The van der Waals surface area contributed by atoms with Gasteiger partial charge in [-0.15, -0.1) is 0 Å². The first-order chi connectivity index (χ1) is 15.2. The van der Waals surface area contributed by atoms with Gasteiger partial charge >= 0.3 is 12.3 Å². The third kappa shape index (κ3) is 5.05. The molecule has 1 aromatic carbocycles. The SMILES string of the molecule is O=C(OCc1ccccc1)N1CCC2(CC1)CCN2C(=O)Cc1ccn(CC(F)(F)F)n1. The average molecular weight is 450 g/mol. The Morgan fingerprint density at radius 3 is 2.34 bits per heavy atom. The van der Waals surface area contributed by atoms with Gasteiger partial charge < -0.3 is 14.5 Å². The van der Waals surface area contributed by atoms with Crippen LogP contribution in [0.2, 0.25) is 0 Å². The molecule has 2 aliphatic heterocycles. The number of halogens is 3. The molecule has 3 heterocycles. The Balaban J connectivity index is 1.27. The van der Waals surface area contributed by atoms with Crippen molar-refractivity contribution >= 4 is 12.0 Å². The fourth-order valence-corrected chi connectivity index (χ4v) is 4.39. The molecule has 7 nitrogen and oxygen atoms in total. The van der Waals surface area contributed by atoms with Gasteiger partial charge in [-0.2, -0.15) is 18.3 Å². The van der Waals surface area contributed by atoms with Gasteiger partial charge in [0.2, 0.25) is 5.91 Å². The molecule has 2 aromatic rings. The van der Waals surface area contributed by atoms with Crippen LogP contribution in [-0.4, -0.2) is 62.9 Å². The monoisotopic (exact) mass is 450 g/mol. The minimum Gasteiger partial charge on any atom is -0.445 e. The number of benzene rings is 1. The molecule has 2 fully saturated rings. The van der Waals surface area contributed by atoms with E-state index in [1.54, 1.807) is 9.80 Å². The molecular weight excluding hydrogens is 425 g/mol. The van der Waals surface area contributed by atoms with Crippen molar-refractivity contribution in [2.45, 2.75) is 50.6 Å². The lowest BCUT2D eigenvalue weighted by Gasteiger charge is -2.56. The third-order valence-corrected chi connectivity index (χ3v) is 6.20. The van der Waals surface area contributed by atoms with E-state index >= 15 is 0 Å². The van der Waals surface area contributed by atoms with Gasteiger partial charge in [0.1, 0.15) is 13.2 Å². The summed E-state index contributed by atoms with van der Waals surface area (Å²) in [5.41, 5.74) is 0.952. The zero-order valence-corrected chi connectivity index (χ0v) is 17.6. The molecule has 0 radical (unpaired) electrons. The van der Waals surface area contributed by atoms with Crippen LogP contribution in [0.3, 0.4) is 0 Å². The molecule has 32 heavy (non-hydrogen) atoms. The summed E-state index contributed by atoms with van der Waals surface area (Å²) >= 11 is 0. The fourth-order valence-electron chi connectivity index (χ4n) is 4.39. The van der Waals surface area contributed by atoms with E-state index in [9.17, 15) is 22.8 Å². The van der Waals surface area contributed by atoms with Crippen LogP contribution in [0.25, 0.3) is 0 Å². The molecule has 2 amide bonds. The maximum Gasteiger partial charge on any atom is 0.410 e. The molecule has 172 valence electrons. The Hall–Kier alpha value is -3.04. The molecule has 0 bridgehead atoms. The molecule has 1 aromatic heterocycles. The number of hydrogen-bond donors (Lipinski definition) is 0. The molecule has 0 N–H and O–H groups in total. The molecular formula is C22H25F3N4O3. The van der Waals surface area contributed by atoms with Gasteiger partial charge in [0, 0.05) is 31.4 Å². The van der Waals surface area contributed by atoms with Gasteiger partial charge in [0.25, 0.3) is 0 Å². The normalized spacial score (nSPS) is 17.8. The zero-order chi connectivity index (χ0) is 22.8. The van der Waals surface area contributed by atoms with E-state index in [0.717, 1.165) is 16.7 Å². The summed E-state index contributed by atoms with van der Waals surface area (Å²) < 4.78 is 43.7. The Labute approximate surface area is 183 Å². The van der Waals surface area contributed by atoms with Gasteiger partial charge in [-0.1, -0.05) is 30.3 Å². The largest absolute Gasteiger partial charge is 0.445 e.